The van der Waals surface area contributed by atoms with E-state index in [0.717, 1.165) is 11.1 Å². The quantitative estimate of drug-likeness (QED) is 0.117. The van der Waals surface area contributed by atoms with Crippen LogP contribution < -0.4 is 10.1 Å². The lowest BCUT2D eigenvalue weighted by molar-refractivity contribution is -0.127. The number of carbonyl (C=O) groups is 2. The van der Waals surface area contributed by atoms with Gasteiger partial charge in [-0.05, 0) is 53.1 Å². The van der Waals surface area contributed by atoms with E-state index >= 15 is 0 Å². The molecule has 36 heavy (non-hydrogen) atoms. The number of rotatable bonds is 8. The van der Waals surface area contributed by atoms with E-state index in [0.29, 0.717) is 22.6 Å². The average Bonchev–Trinajstić information content (AvgIpc) is 3.45. The van der Waals surface area contributed by atoms with E-state index in [9.17, 15) is 14.9 Å². The van der Waals surface area contributed by atoms with Crippen LogP contribution in [0.5, 0.6) is 5.75 Å². The van der Waals surface area contributed by atoms with Gasteiger partial charge in [-0.3, -0.25) is 4.79 Å². The van der Waals surface area contributed by atoms with Crippen LogP contribution >= 0.6 is 0 Å². The number of furan rings is 1. The van der Waals surface area contributed by atoms with Gasteiger partial charge in [-0.15, -0.1) is 0 Å². The van der Waals surface area contributed by atoms with Gasteiger partial charge in [0.2, 0.25) is 0 Å². The molecule has 0 aliphatic heterocycles. The summed E-state index contributed by atoms with van der Waals surface area (Å²) in [5.74, 6) is -0.0814. The van der Waals surface area contributed by atoms with E-state index < -0.39 is 11.9 Å². The van der Waals surface area contributed by atoms with Crippen LogP contribution in [0.25, 0.3) is 17.7 Å². The first-order chi connectivity index (χ1) is 17.6. The first-order valence-corrected chi connectivity index (χ1v) is 11.2. The third-order valence-corrected chi connectivity index (χ3v) is 5.19. The fourth-order valence-corrected chi connectivity index (χ4v) is 3.38. The Kier molecular flexibility index (Phi) is 7.88. The minimum absolute atomic E-state index is 0.0524. The number of esters is 1. The zero-order valence-electron chi connectivity index (χ0n) is 19.3. The highest BCUT2D eigenvalue weighted by atomic mass is 16.5. The van der Waals surface area contributed by atoms with Crippen molar-refractivity contribution in [3.8, 4) is 11.8 Å². The van der Waals surface area contributed by atoms with Crippen molar-refractivity contribution < 1.29 is 18.7 Å². The second-order valence-corrected chi connectivity index (χ2v) is 7.73. The lowest BCUT2D eigenvalue weighted by atomic mass is 10.0. The SMILES string of the molecule is N#C/C(=C\c1ccc(OC(=O)/C(=C/c2ccccc2)c2ccccc2)cc1)C(=O)NCc1ccco1. The summed E-state index contributed by atoms with van der Waals surface area (Å²) in [4.78, 5) is 25.4. The van der Waals surface area contributed by atoms with Crippen molar-refractivity contribution in [2.75, 3.05) is 0 Å². The van der Waals surface area contributed by atoms with E-state index in [2.05, 4.69) is 5.32 Å². The summed E-state index contributed by atoms with van der Waals surface area (Å²) in [6.07, 6.45) is 4.76. The Hall–Kier alpha value is -5.15. The second-order valence-electron chi connectivity index (χ2n) is 7.73. The molecule has 0 fully saturated rings. The largest absolute Gasteiger partial charge is 0.467 e. The number of nitrogens with one attached hydrogen (secondary N) is 1. The molecule has 0 spiro atoms. The van der Waals surface area contributed by atoms with Crippen LogP contribution in [0.15, 0.2) is 113 Å². The van der Waals surface area contributed by atoms with E-state index in [-0.39, 0.29) is 12.1 Å². The number of nitriles is 1. The van der Waals surface area contributed by atoms with Crippen LogP contribution in [0.4, 0.5) is 0 Å². The Morgan fingerprint density at radius 2 is 1.50 bits per heavy atom. The van der Waals surface area contributed by atoms with Gasteiger partial charge < -0.3 is 14.5 Å². The Balaban J connectivity index is 1.47. The van der Waals surface area contributed by atoms with Crippen LogP contribution in [-0.4, -0.2) is 11.9 Å². The lowest BCUT2D eigenvalue weighted by Gasteiger charge is -2.09. The maximum absolute atomic E-state index is 13.1. The van der Waals surface area contributed by atoms with Gasteiger partial charge in [0.25, 0.3) is 5.91 Å². The molecule has 6 nitrogen and oxygen atoms in total. The fraction of sp³-hybridized carbons (Fsp3) is 0.0333. The zero-order valence-corrected chi connectivity index (χ0v) is 19.3. The molecule has 3 aromatic carbocycles. The summed E-state index contributed by atoms with van der Waals surface area (Å²) in [7, 11) is 0. The minimum atomic E-state index is -0.511. The van der Waals surface area contributed by atoms with Crippen molar-refractivity contribution in [2.45, 2.75) is 6.54 Å². The summed E-state index contributed by atoms with van der Waals surface area (Å²) in [6, 6.07) is 30.8. The van der Waals surface area contributed by atoms with E-state index in [4.69, 9.17) is 9.15 Å². The lowest BCUT2D eigenvalue weighted by Crippen LogP contribution is -2.23. The number of hydrogen-bond donors (Lipinski definition) is 1. The molecule has 0 aliphatic rings. The minimum Gasteiger partial charge on any atom is -0.467 e. The van der Waals surface area contributed by atoms with Gasteiger partial charge in [-0.2, -0.15) is 5.26 Å². The summed E-state index contributed by atoms with van der Waals surface area (Å²) in [6.45, 7) is 0.181. The highest BCUT2D eigenvalue weighted by Crippen LogP contribution is 2.22. The van der Waals surface area contributed by atoms with Gasteiger partial charge in [0.1, 0.15) is 23.2 Å². The molecular weight excluding hydrogens is 452 g/mol. The number of amides is 1. The van der Waals surface area contributed by atoms with Crippen molar-refractivity contribution in [1.82, 2.24) is 5.32 Å². The average molecular weight is 475 g/mol. The monoisotopic (exact) mass is 474 g/mol. The van der Waals surface area contributed by atoms with Gasteiger partial charge in [0, 0.05) is 0 Å². The third kappa shape index (κ3) is 6.46. The summed E-state index contributed by atoms with van der Waals surface area (Å²) in [5.41, 5.74) is 2.60. The number of carbonyl (C=O) groups excluding carboxylic acids is 2. The van der Waals surface area contributed by atoms with Crippen LogP contribution in [0.3, 0.4) is 0 Å². The van der Waals surface area contributed by atoms with Crippen molar-refractivity contribution in [1.29, 1.82) is 5.26 Å². The van der Waals surface area contributed by atoms with E-state index in [1.807, 2.05) is 66.7 Å². The highest BCUT2D eigenvalue weighted by molar-refractivity contribution is 6.22. The molecule has 4 rings (SSSR count). The smallest absolute Gasteiger partial charge is 0.344 e. The van der Waals surface area contributed by atoms with Gasteiger partial charge in [0.15, 0.2) is 0 Å². The number of benzene rings is 3. The first kappa shape index (κ1) is 24.0. The van der Waals surface area contributed by atoms with Gasteiger partial charge in [-0.25, -0.2) is 4.79 Å². The van der Waals surface area contributed by atoms with Crippen molar-refractivity contribution in [3.05, 3.63) is 131 Å². The molecule has 1 amide bonds. The molecule has 1 heterocycles. The molecule has 0 atom stereocenters. The Labute approximate surface area is 208 Å². The Morgan fingerprint density at radius 1 is 0.833 bits per heavy atom. The highest BCUT2D eigenvalue weighted by Gasteiger charge is 2.15. The van der Waals surface area contributed by atoms with Crippen molar-refractivity contribution >= 4 is 29.6 Å². The van der Waals surface area contributed by atoms with Crippen molar-refractivity contribution in [2.24, 2.45) is 0 Å². The molecule has 0 aliphatic carbocycles. The first-order valence-electron chi connectivity index (χ1n) is 11.2. The number of hydrogen-bond acceptors (Lipinski definition) is 5. The topological polar surface area (TPSA) is 92.3 Å². The summed E-state index contributed by atoms with van der Waals surface area (Å²) >= 11 is 0. The molecule has 0 radical (unpaired) electrons. The summed E-state index contributed by atoms with van der Waals surface area (Å²) in [5, 5.41) is 12.0. The summed E-state index contributed by atoms with van der Waals surface area (Å²) < 4.78 is 10.8. The molecule has 0 bridgehead atoms. The molecule has 6 heteroatoms. The second kappa shape index (κ2) is 11.8. The standard InChI is InChI=1S/C30H22N2O4/c31-20-25(29(33)32-21-27-12-7-17-35-27)18-23-13-15-26(16-14-23)36-30(34)28(24-10-5-2-6-11-24)19-22-8-3-1-4-9-22/h1-19H,21H2,(H,32,33)/b25-18+,28-19+. The maximum Gasteiger partial charge on any atom is 0.344 e. The fourth-order valence-electron chi connectivity index (χ4n) is 3.38. The van der Waals surface area contributed by atoms with Crippen LogP contribution in [0.2, 0.25) is 0 Å². The van der Waals surface area contributed by atoms with Gasteiger partial charge in [0.05, 0.1) is 18.4 Å². The predicted octanol–water partition coefficient (Wildman–Crippen LogP) is 5.65. The molecule has 0 saturated carbocycles. The maximum atomic E-state index is 13.1. The van der Waals surface area contributed by atoms with Crippen molar-refractivity contribution in [3.63, 3.8) is 0 Å². The predicted molar refractivity (Wildman–Crippen MR) is 137 cm³/mol. The van der Waals surface area contributed by atoms with Gasteiger partial charge >= 0.3 is 5.97 Å². The van der Waals surface area contributed by atoms with Crippen LogP contribution in [0, 0.1) is 11.3 Å². The molecule has 4 aromatic rings. The van der Waals surface area contributed by atoms with E-state index in [1.54, 1.807) is 42.5 Å². The molecule has 1 N–H and O–H groups in total. The molecule has 0 unspecified atom stereocenters. The number of nitrogens with zero attached hydrogens (tertiary/aromatic N) is 1. The molecule has 0 saturated heterocycles. The molecular formula is C30H22N2O4. The third-order valence-electron chi connectivity index (χ3n) is 5.19. The van der Waals surface area contributed by atoms with Crippen LogP contribution in [0.1, 0.15) is 22.5 Å². The Bertz CT molecular complexity index is 1410. The zero-order chi connectivity index (χ0) is 25.2. The Morgan fingerprint density at radius 3 is 2.14 bits per heavy atom. The molecule has 1 aromatic heterocycles. The molecule has 176 valence electrons. The normalized spacial score (nSPS) is 11.4. The van der Waals surface area contributed by atoms with Crippen LogP contribution in [-0.2, 0) is 16.1 Å². The number of ether oxygens (including phenoxy) is 1. The van der Waals surface area contributed by atoms with Gasteiger partial charge in [-0.1, -0.05) is 72.8 Å². The van der Waals surface area contributed by atoms with E-state index in [1.165, 1.54) is 12.3 Å².